The highest BCUT2D eigenvalue weighted by Crippen LogP contribution is 2.33. The van der Waals surface area contributed by atoms with E-state index in [4.69, 9.17) is 0 Å². The number of halogens is 2. The maximum atomic E-state index is 15.1. The first-order chi connectivity index (χ1) is 17.6. The zero-order valence-electron chi connectivity index (χ0n) is 20.6. The van der Waals surface area contributed by atoms with E-state index in [2.05, 4.69) is 16.9 Å². The van der Waals surface area contributed by atoms with Gasteiger partial charge in [0.1, 0.15) is 23.3 Å². The Morgan fingerprint density at radius 2 is 1.73 bits per heavy atom. The number of anilines is 2. The molecule has 190 valence electrons. The lowest BCUT2D eigenvalue weighted by Gasteiger charge is -2.44. The summed E-state index contributed by atoms with van der Waals surface area (Å²) < 4.78 is 31.9. The highest BCUT2D eigenvalue weighted by molar-refractivity contribution is 6.18. The number of amides is 3. The van der Waals surface area contributed by atoms with Crippen molar-refractivity contribution in [2.45, 2.75) is 18.9 Å². The summed E-state index contributed by atoms with van der Waals surface area (Å²) in [7, 11) is 3.52. The molecule has 8 nitrogen and oxygen atoms in total. The summed E-state index contributed by atoms with van der Waals surface area (Å²) in [5.74, 6) is 3.03. The molecule has 1 atom stereocenters. The van der Waals surface area contributed by atoms with Crippen molar-refractivity contribution in [1.29, 1.82) is 0 Å². The molecule has 1 aliphatic heterocycles. The summed E-state index contributed by atoms with van der Waals surface area (Å²) in [6, 6.07) is 11.6. The van der Waals surface area contributed by atoms with E-state index in [1.165, 1.54) is 6.92 Å². The Labute approximate surface area is 213 Å². The molecule has 3 aromatic rings. The fourth-order valence-corrected chi connectivity index (χ4v) is 4.09. The number of aryl methyl sites for hydroxylation is 1. The van der Waals surface area contributed by atoms with Gasteiger partial charge in [0.15, 0.2) is 11.6 Å². The Hall–Kier alpha value is -4.52. The largest absolute Gasteiger partial charge is 0.356 e. The van der Waals surface area contributed by atoms with Crippen LogP contribution in [0, 0.1) is 23.5 Å². The number of carbonyl (C=O) groups is 3. The smallest absolute Gasteiger partial charge is 0.332 e. The summed E-state index contributed by atoms with van der Waals surface area (Å²) in [5.41, 5.74) is -1.56. The molecule has 1 aliphatic rings. The van der Waals surface area contributed by atoms with Crippen molar-refractivity contribution >= 4 is 29.7 Å². The van der Waals surface area contributed by atoms with Crippen LogP contribution in [-0.4, -0.2) is 58.6 Å². The van der Waals surface area contributed by atoms with Crippen LogP contribution in [0.5, 0.6) is 0 Å². The quantitative estimate of drug-likeness (QED) is 0.379. The van der Waals surface area contributed by atoms with Crippen LogP contribution in [0.25, 0.3) is 0 Å². The molecule has 37 heavy (non-hydrogen) atoms. The molecule has 4 rings (SSSR count). The Morgan fingerprint density at radius 3 is 2.32 bits per heavy atom. The van der Waals surface area contributed by atoms with Gasteiger partial charge in [0.25, 0.3) is 0 Å². The van der Waals surface area contributed by atoms with Crippen LogP contribution < -0.4 is 9.80 Å². The number of nitrogens with zero attached hydrogens (tertiary/aromatic N) is 5. The van der Waals surface area contributed by atoms with Crippen molar-refractivity contribution in [1.82, 2.24) is 14.7 Å². The number of benzene rings is 2. The van der Waals surface area contributed by atoms with E-state index in [0.29, 0.717) is 22.6 Å². The minimum absolute atomic E-state index is 0.00873. The number of hydrogen-bond donors (Lipinski definition) is 0. The summed E-state index contributed by atoms with van der Waals surface area (Å²) in [5, 5.41) is 4.29. The summed E-state index contributed by atoms with van der Waals surface area (Å²) in [6.07, 6.45) is 1.84. The van der Waals surface area contributed by atoms with E-state index in [-0.39, 0.29) is 18.7 Å². The van der Waals surface area contributed by atoms with Gasteiger partial charge in [-0.1, -0.05) is 30.0 Å². The van der Waals surface area contributed by atoms with Gasteiger partial charge < -0.3 is 14.6 Å². The van der Waals surface area contributed by atoms with Crippen molar-refractivity contribution in [2.24, 2.45) is 7.05 Å². The minimum atomic E-state index is -1.47. The predicted octanol–water partition coefficient (Wildman–Crippen LogP) is 3.35. The van der Waals surface area contributed by atoms with Crippen LogP contribution >= 0.6 is 0 Å². The number of aldehydes is 1. The fraction of sp³-hybridized carbons (Fsp3) is 0.259. The maximum absolute atomic E-state index is 15.1. The molecule has 1 fully saturated rings. The van der Waals surface area contributed by atoms with Gasteiger partial charge in [-0.05, 0) is 31.2 Å². The van der Waals surface area contributed by atoms with Gasteiger partial charge in [-0.2, -0.15) is 5.10 Å². The van der Waals surface area contributed by atoms with E-state index >= 15 is 8.78 Å². The molecule has 1 unspecified atom stereocenters. The molecule has 0 bridgehead atoms. The van der Waals surface area contributed by atoms with Crippen LogP contribution in [0.15, 0.2) is 54.7 Å². The molecule has 1 aromatic heterocycles. The van der Waals surface area contributed by atoms with E-state index in [9.17, 15) is 14.4 Å². The lowest BCUT2D eigenvalue weighted by atomic mass is 9.93. The molecule has 0 N–H and O–H groups in total. The van der Waals surface area contributed by atoms with Crippen LogP contribution in [0.1, 0.15) is 24.5 Å². The predicted molar refractivity (Wildman–Crippen MR) is 134 cm³/mol. The molecule has 1 saturated heterocycles. The zero-order chi connectivity index (χ0) is 26.7. The Morgan fingerprint density at radius 1 is 1.08 bits per heavy atom. The molecular formula is C27H25F2N5O3. The normalized spacial score (nSPS) is 17.4. The second-order valence-electron chi connectivity index (χ2n) is 8.99. The third-order valence-electron chi connectivity index (χ3n) is 6.17. The summed E-state index contributed by atoms with van der Waals surface area (Å²) in [6.45, 7) is 1.71. The lowest BCUT2D eigenvalue weighted by molar-refractivity contribution is -0.128. The summed E-state index contributed by atoms with van der Waals surface area (Å²) >= 11 is 0. The minimum Gasteiger partial charge on any atom is -0.356 e. The van der Waals surface area contributed by atoms with Gasteiger partial charge >= 0.3 is 6.03 Å². The molecule has 0 radical (unpaired) electrons. The molecule has 10 heteroatoms. The fourth-order valence-electron chi connectivity index (χ4n) is 4.09. The molecule has 0 saturated carbocycles. The van der Waals surface area contributed by atoms with Crippen molar-refractivity contribution in [2.75, 3.05) is 29.9 Å². The molecule has 3 amide bonds. The van der Waals surface area contributed by atoms with Gasteiger partial charge in [0.2, 0.25) is 5.91 Å². The molecule has 0 aliphatic carbocycles. The Kier molecular flexibility index (Phi) is 7.07. The SMILES string of the molecule is CN(CCN1C(=O)N(c2c(F)cc(C#Cc3ccccc3)cc2F)C(=O)CC1(C)C=O)c1ccn(C)n1. The average molecular weight is 506 g/mol. The topological polar surface area (TPSA) is 78.8 Å². The first kappa shape index (κ1) is 25.6. The van der Waals surface area contributed by atoms with E-state index < -0.39 is 41.2 Å². The molecule has 0 spiro atoms. The van der Waals surface area contributed by atoms with Crippen molar-refractivity contribution in [3.8, 4) is 11.8 Å². The molecule has 2 aromatic carbocycles. The third kappa shape index (κ3) is 5.21. The van der Waals surface area contributed by atoms with Crippen molar-refractivity contribution < 1.29 is 23.2 Å². The van der Waals surface area contributed by atoms with Crippen LogP contribution in [0.2, 0.25) is 0 Å². The lowest BCUT2D eigenvalue weighted by Crippen LogP contribution is -2.65. The summed E-state index contributed by atoms with van der Waals surface area (Å²) in [4.78, 5) is 41.7. The van der Waals surface area contributed by atoms with Gasteiger partial charge in [0.05, 0.1) is 6.42 Å². The van der Waals surface area contributed by atoms with E-state index in [1.54, 1.807) is 60.2 Å². The van der Waals surface area contributed by atoms with Gasteiger partial charge in [0, 0.05) is 50.6 Å². The van der Waals surface area contributed by atoms with Crippen LogP contribution in [-0.2, 0) is 16.6 Å². The zero-order valence-corrected chi connectivity index (χ0v) is 20.6. The van der Waals surface area contributed by atoms with Gasteiger partial charge in [-0.3, -0.25) is 9.48 Å². The number of imide groups is 1. The number of carbonyl (C=O) groups excluding carboxylic acids is 3. The van der Waals surface area contributed by atoms with Crippen molar-refractivity contribution in [3.05, 3.63) is 77.5 Å². The van der Waals surface area contributed by atoms with E-state index in [1.807, 2.05) is 6.07 Å². The average Bonchev–Trinajstić information content (AvgIpc) is 3.31. The molecule has 2 heterocycles. The Balaban J connectivity index is 1.62. The maximum Gasteiger partial charge on any atom is 0.332 e. The third-order valence-corrected chi connectivity index (χ3v) is 6.17. The first-order valence-electron chi connectivity index (χ1n) is 11.5. The monoisotopic (exact) mass is 505 g/mol. The number of likely N-dealkylation sites (N-methyl/N-ethyl adjacent to an activating group) is 1. The number of rotatable bonds is 6. The highest BCUT2D eigenvalue weighted by Gasteiger charge is 2.48. The standard InChI is InChI=1S/C27H25F2N5O3/c1-27(18-35)17-24(36)34(26(37)33(27)14-13-31(2)23-11-12-32(3)30-23)25-21(28)15-20(16-22(25)29)10-9-19-7-5-4-6-8-19/h4-8,11-12,15-16,18H,13-14,17H2,1-3H3. The van der Waals surface area contributed by atoms with Gasteiger partial charge in [-0.15, -0.1) is 0 Å². The van der Waals surface area contributed by atoms with Crippen LogP contribution in [0.3, 0.4) is 0 Å². The number of hydrogen-bond acceptors (Lipinski definition) is 5. The number of aromatic nitrogens is 2. The van der Waals surface area contributed by atoms with Gasteiger partial charge in [-0.25, -0.2) is 18.5 Å². The highest BCUT2D eigenvalue weighted by atomic mass is 19.1. The number of urea groups is 1. The van der Waals surface area contributed by atoms with Crippen LogP contribution in [0.4, 0.5) is 25.1 Å². The second-order valence-corrected chi connectivity index (χ2v) is 8.99. The van der Waals surface area contributed by atoms with Crippen molar-refractivity contribution in [3.63, 3.8) is 0 Å². The first-order valence-corrected chi connectivity index (χ1v) is 11.5. The second kappa shape index (κ2) is 10.2. The Bertz CT molecular complexity index is 1390. The van der Waals surface area contributed by atoms with E-state index in [0.717, 1.165) is 17.0 Å². The molecular weight excluding hydrogens is 480 g/mol.